The van der Waals surface area contributed by atoms with Crippen molar-refractivity contribution in [1.29, 1.82) is 0 Å². The third-order valence-corrected chi connectivity index (χ3v) is 3.00. The number of carbonyl (C=O) groups excluding carboxylic acids is 2. The highest BCUT2D eigenvalue weighted by Gasteiger charge is 2.37. The second-order valence-corrected chi connectivity index (χ2v) is 4.51. The zero-order valence-electron chi connectivity index (χ0n) is 9.94. The molecule has 1 heterocycles. The molecule has 1 aliphatic rings. The van der Waals surface area contributed by atoms with Gasteiger partial charge in [0.05, 0.1) is 0 Å². The second-order valence-electron chi connectivity index (χ2n) is 4.07. The average Bonchev–Trinajstić information content (AvgIpc) is 2.54. The number of rotatable bonds is 3. The van der Waals surface area contributed by atoms with Crippen LogP contribution in [0.3, 0.4) is 0 Å². The van der Waals surface area contributed by atoms with E-state index in [9.17, 15) is 9.59 Å². The number of carbonyl (C=O) groups is 2. The van der Waals surface area contributed by atoms with Crippen LogP contribution in [0.2, 0.25) is 5.02 Å². The molecule has 1 aliphatic heterocycles. The minimum absolute atomic E-state index is 0.164. The van der Waals surface area contributed by atoms with Crippen LogP contribution in [0.1, 0.15) is 18.5 Å². The number of hydrogen-bond acceptors (Lipinski definition) is 2. The van der Waals surface area contributed by atoms with E-state index in [0.717, 1.165) is 11.3 Å². The molecule has 1 aromatic carbocycles. The molecule has 0 unspecified atom stereocenters. The Morgan fingerprint density at radius 3 is 2.94 bits per heavy atom. The van der Waals surface area contributed by atoms with Crippen molar-refractivity contribution in [2.75, 3.05) is 11.4 Å². The Bertz CT molecular complexity index is 528. The maximum absolute atomic E-state index is 12.2. The van der Waals surface area contributed by atoms with Crippen molar-refractivity contribution in [1.82, 2.24) is 5.32 Å². The lowest BCUT2D eigenvalue weighted by molar-refractivity contribution is -0.126. The predicted molar refractivity (Wildman–Crippen MR) is 70.6 cm³/mol. The van der Waals surface area contributed by atoms with Crippen LogP contribution in [0.5, 0.6) is 0 Å². The highest BCUT2D eigenvalue weighted by Crippen LogP contribution is 2.37. The molecule has 0 bridgehead atoms. The molecule has 0 fully saturated rings. The molecule has 1 N–H and O–H groups in total. The topological polar surface area (TPSA) is 49.4 Å². The molecule has 1 atom stereocenters. The molecule has 0 saturated heterocycles. The molecule has 0 aromatic heterocycles. The zero-order valence-corrected chi connectivity index (χ0v) is 10.7. The summed E-state index contributed by atoms with van der Waals surface area (Å²) in [6.07, 6.45) is 1.65. The monoisotopic (exact) mass is 264 g/mol. The molecular formula is C13H13ClN2O2. The Kier molecular flexibility index (Phi) is 3.39. The van der Waals surface area contributed by atoms with E-state index in [2.05, 4.69) is 11.9 Å². The normalized spacial score (nSPS) is 17.6. The van der Waals surface area contributed by atoms with Crippen molar-refractivity contribution >= 4 is 29.1 Å². The number of hydrogen-bond donors (Lipinski definition) is 1. The summed E-state index contributed by atoms with van der Waals surface area (Å²) in [5, 5.41) is 3.18. The highest BCUT2D eigenvalue weighted by atomic mass is 35.5. The molecule has 94 valence electrons. The van der Waals surface area contributed by atoms with Crippen molar-refractivity contribution in [3.8, 4) is 0 Å². The first kappa shape index (κ1) is 12.6. The summed E-state index contributed by atoms with van der Waals surface area (Å²) in [5.74, 6) is -0.415. The number of fused-ring (bicyclic) bond motifs is 1. The zero-order chi connectivity index (χ0) is 13.3. The number of benzene rings is 1. The first-order valence-electron chi connectivity index (χ1n) is 5.53. The summed E-state index contributed by atoms with van der Waals surface area (Å²) < 4.78 is 0. The van der Waals surface area contributed by atoms with Gasteiger partial charge in [0.15, 0.2) is 0 Å². The van der Waals surface area contributed by atoms with Crippen LogP contribution in [-0.4, -0.2) is 18.4 Å². The van der Waals surface area contributed by atoms with Gasteiger partial charge in [-0.15, -0.1) is 6.58 Å². The van der Waals surface area contributed by atoms with E-state index < -0.39 is 6.04 Å². The quantitative estimate of drug-likeness (QED) is 0.850. The Balaban J connectivity index is 2.46. The van der Waals surface area contributed by atoms with Gasteiger partial charge in [0.1, 0.15) is 6.04 Å². The second kappa shape index (κ2) is 4.82. The standard InChI is InChI=1S/C13H13ClN2O2/c1-3-6-16-11-5-4-9(14)7-10(11)12(13(16)18)15-8(2)17/h3-5,7,12H,1,6H2,2H3,(H,15,17)/t12-/m1/s1. The summed E-state index contributed by atoms with van der Waals surface area (Å²) in [6, 6.07) is 4.55. The van der Waals surface area contributed by atoms with Crippen molar-refractivity contribution in [3.63, 3.8) is 0 Å². The van der Waals surface area contributed by atoms with Gasteiger partial charge in [0, 0.05) is 29.7 Å². The molecule has 2 amide bonds. The Labute approximate surface area is 110 Å². The average molecular weight is 265 g/mol. The maximum Gasteiger partial charge on any atom is 0.254 e. The van der Waals surface area contributed by atoms with Crippen LogP contribution in [-0.2, 0) is 9.59 Å². The van der Waals surface area contributed by atoms with E-state index in [-0.39, 0.29) is 11.8 Å². The minimum atomic E-state index is -0.656. The van der Waals surface area contributed by atoms with Crippen LogP contribution >= 0.6 is 11.6 Å². The summed E-state index contributed by atoms with van der Waals surface area (Å²) in [5.41, 5.74) is 1.49. The van der Waals surface area contributed by atoms with Crippen LogP contribution in [0, 0.1) is 0 Å². The lowest BCUT2D eigenvalue weighted by atomic mass is 10.1. The van der Waals surface area contributed by atoms with Crippen molar-refractivity contribution < 1.29 is 9.59 Å². The first-order chi connectivity index (χ1) is 8.54. The SMILES string of the molecule is C=CCN1C(=O)[C@H](NC(C)=O)c2cc(Cl)ccc21. The molecular weight excluding hydrogens is 252 g/mol. The van der Waals surface area contributed by atoms with Crippen LogP contribution < -0.4 is 10.2 Å². The third kappa shape index (κ3) is 2.11. The van der Waals surface area contributed by atoms with Gasteiger partial charge in [0.25, 0.3) is 5.91 Å². The number of nitrogens with one attached hydrogen (secondary N) is 1. The summed E-state index contributed by atoms with van der Waals surface area (Å²) in [7, 11) is 0. The van der Waals surface area contributed by atoms with Crippen molar-refractivity contribution in [2.24, 2.45) is 0 Å². The highest BCUT2D eigenvalue weighted by molar-refractivity contribution is 6.31. The Morgan fingerprint density at radius 2 is 2.33 bits per heavy atom. The number of halogens is 1. The van der Waals surface area contributed by atoms with Gasteiger partial charge in [-0.3, -0.25) is 9.59 Å². The smallest absolute Gasteiger partial charge is 0.254 e. The molecule has 0 radical (unpaired) electrons. The Morgan fingerprint density at radius 1 is 1.61 bits per heavy atom. The lowest BCUT2D eigenvalue weighted by Gasteiger charge is -2.15. The van der Waals surface area contributed by atoms with Gasteiger partial charge in [-0.1, -0.05) is 17.7 Å². The van der Waals surface area contributed by atoms with E-state index in [1.807, 2.05) is 0 Å². The summed E-state index contributed by atoms with van der Waals surface area (Å²) >= 11 is 5.94. The van der Waals surface area contributed by atoms with Crippen LogP contribution in [0.15, 0.2) is 30.9 Å². The summed E-state index contributed by atoms with van der Waals surface area (Å²) in [6.45, 7) is 5.42. The van der Waals surface area contributed by atoms with Crippen molar-refractivity contribution in [3.05, 3.63) is 41.4 Å². The van der Waals surface area contributed by atoms with Crippen LogP contribution in [0.4, 0.5) is 5.69 Å². The Hall–Kier alpha value is -1.81. The van der Waals surface area contributed by atoms with Gasteiger partial charge in [-0.25, -0.2) is 0 Å². The van der Waals surface area contributed by atoms with Gasteiger partial charge in [-0.05, 0) is 18.2 Å². The maximum atomic E-state index is 12.2. The van der Waals surface area contributed by atoms with E-state index in [0.29, 0.717) is 11.6 Å². The molecule has 0 aliphatic carbocycles. The van der Waals surface area contributed by atoms with E-state index in [1.54, 1.807) is 29.2 Å². The number of anilines is 1. The van der Waals surface area contributed by atoms with E-state index in [4.69, 9.17) is 11.6 Å². The number of amides is 2. The van der Waals surface area contributed by atoms with Gasteiger partial charge >= 0.3 is 0 Å². The summed E-state index contributed by atoms with van der Waals surface area (Å²) in [4.78, 5) is 25.0. The largest absolute Gasteiger partial charge is 0.341 e. The lowest BCUT2D eigenvalue weighted by Crippen LogP contribution is -2.36. The number of nitrogens with zero attached hydrogens (tertiary/aromatic N) is 1. The van der Waals surface area contributed by atoms with E-state index >= 15 is 0 Å². The molecule has 2 rings (SSSR count). The molecule has 0 spiro atoms. The predicted octanol–water partition coefficient (Wildman–Crippen LogP) is 2.05. The van der Waals surface area contributed by atoms with Crippen LogP contribution in [0.25, 0.3) is 0 Å². The molecule has 5 heteroatoms. The first-order valence-corrected chi connectivity index (χ1v) is 5.91. The van der Waals surface area contributed by atoms with Gasteiger partial charge in [-0.2, -0.15) is 0 Å². The molecule has 0 saturated carbocycles. The third-order valence-electron chi connectivity index (χ3n) is 2.76. The fourth-order valence-electron chi connectivity index (χ4n) is 2.07. The minimum Gasteiger partial charge on any atom is -0.341 e. The molecule has 18 heavy (non-hydrogen) atoms. The fourth-order valence-corrected chi connectivity index (χ4v) is 2.25. The van der Waals surface area contributed by atoms with Crippen molar-refractivity contribution in [2.45, 2.75) is 13.0 Å². The molecule has 4 nitrogen and oxygen atoms in total. The van der Waals surface area contributed by atoms with Gasteiger partial charge < -0.3 is 10.2 Å². The van der Waals surface area contributed by atoms with Gasteiger partial charge in [0.2, 0.25) is 5.91 Å². The molecule has 1 aromatic rings. The fraction of sp³-hybridized carbons (Fsp3) is 0.231. The van der Waals surface area contributed by atoms with E-state index in [1.165, 1.54) is 6.92 Å².